The summed E-state index contributed by atoms with van der Waals surface area (Å²) in [5.74, 6) is 0. The van der Waals surface area contributed by atoms with E-state index in [4.69, 9.17) is 10.2 Å². The molecule has 0 bridgehead atoms. The Morgan fingerprint density at radius 3 is 1.74 bits per heavy atom. The first-order chi connectivity index (χ1) is 17.3. The van der Waals surface area contributed by atoms with Crippen molar-refractivity contribution in [1.82, 2.24) is 9.78 Å². The lowest BCUT2D eigenvalue weighted by atomic mass is 9.94. The molecular formula is C31H26N4. The van der Waals surface area contributed by atoms with Gasteiger partial charge in [-0.15, -0.1) is 0 Å². The van der Waals surface area contributed by atoms with Crippen LogP contribution in [0.15, 0.2) is 126 Å². The average molecular weight is 455 g/mol. The van der Waals surface area contributed by atoms with Crippen molar-refractivity contribution in [3.63, 3.8) is 0 Å². The lowest BCUT2D eigenvalue weighted by molar-refractivity contribution is 0.706. The Bertz CT molecular complexity index is 1460. The van der Waals surface area contributed by atoms with Crippen LogP contribution in [0.4, 0.5) is 5.69 Å². The van der Waals surface area contributed by atoms with Crippen molar-refractivity contribution >= 4 is 11.4 Å². The highest BCUT2D eigenvalue weighted by Gasteiger charge is 2.35. The minimum atomic E-state index is 0.0280. The quantitative estimate of drug-likeness (QED) is 0.281. The van der Waals surface area contributed by atoms with Gasteiger partial charge < -0.3 is 0 Å². The van der Waals surface area contributed by atoms with Crippen molar-refractivity contribution in [3.05, 3.63) is 138 Å². The molecule has 35 heavy (non-hydrogen) atoms. The molecule has 0 saturated heterocycles. The molecule has 4 aromatic carbocycles. The van der Waals surface area contributed by atoms with Crippen molar-refractivity contribution in [1.29, 1.82) is 0 Å². The number of para-hydroxylation sites is 2. The molecule has 0 N–H and O–H groups in total. The SMILES string of the molecule is Cc1nn(-c2ccccc2)c(-c2ccccc2)c1C1CC(c2ccccc2)=NN1c1ccccc1. The number of anilines is 1. The molecule has 0 amide bonds. The predicted molar refractivity (Wildman–Crippen MR) is 143 cm³/mol. The summed E-state index contributed by atoms with van der Waals surface area (Å²) >= 11 is 0. The molecule has 4 heteroatoms. The van der Waals surface area contributed by atoms with E-state index >= 15 is 0 Å². The van der Waals surface area contributed by atoms with Crippen LogP contribution in [-0.2, 0) is 0 Å². The van der Waals surface area contributed by atoms with Crippen LogP contribution < -0.4 is 5.01 Å². The lowest BCUT2D eigenvalue weighted by Gasteiger charge is -2.25. The maximum absolute atomic E-state index is 5.16. The zero-order valence-corrected chi connectivity index (χ0v) is 19.6. The zero-order chi connectivity index (χ0) is 23.6. The van der Waals surface area contributed by atoms with Gasteiger partial charge in [0, 0.05) is 17.5 Å². The molecule has 0 fully saturated rings. The van der Waals surface area contributed by atoms with Gasteiger partial charge in [0.05, 0.1) is 34.5 Å². The number of aryl methyl sites for hydroxylation is 1. The van der Waals surface area contributed by atoms with E-state index in [1.165, 1.54) is 5.56 Å². The van der Waals surface area contributed by atoms with E-state index in [0.717, 1.165) is 46.0 Å². The maximum Gasteiger partial charge on any atom is 0.0871 e. The number of benzene rings is 4. The number of hydrogen-bond donors (Lipinski definition) is 0. The second-order valence-corrected chi connectivity index (χ2v) is 8.77. The van der Waals surface area contributed by atoms with E-state index < -0.39 is 0 Å². The Labute approximate surface area is 205 Å². The fraction of sp³-hybridized carbons (Fsp3) is 0.0968. The first-order valence-corrected chi connectivity index (χ1v) is 12.0. The lowest BCUT2D eigenvalue weighted by Crippen LogP contribution is -2.19. The third-order valence-corrected chi connectivity index (χ3v) is 6.53. The largest absolute Gasteiger partial charge is 0.257 e. The van der Waals surface area contributed by atoms with E-state index in [1.54, 1.807) is 0 Å². The summed E-state index contributed by atoms with van der Waals surface area (Å²) in [6, 6.07) is 41.9. The van der Waals surface area contributed by atoms with Crippen molar-refractivity contribution in [3.8, 4) is 16.9 Å². The highest BCUT2D eigenvalue weighted by Crippen LogP contribution is 2.42. The number of hydrazone groups is 1. The molecule has 0 spiro atoms. The van der Waals surface area contributed by atoms with Gasteiger partial charge in [0.25, 0.3) is 0 Å². The molecule has 0 saturated carbocycles. The molecular weight excluding hydrogens is 428 g/mol. The summed E-state index contributed by atoms with van der Waals surface area (Å²) in [6.07, 6.45) is 0.806. The van der Waals surface area contributed by atoms with Gasteiger partial charge in [-0.2, -0.15) is 10.2 Å². The minimum absolute atomic E-state index is 0.0280. The van der Waals surface area contributed by atoms with Gasteiger partial charge in [-0.1, -0.05) is 97.1 Å². The van der Waals surface area contributed by atoms with Crippen LogP contribution in [0.2, 0.25) is 0 Å². The van der Waals surface area contributed by atoms with Crippen LogP contribution in [0.5, 0.6) is 0 Å². The van der Waals surface area contributed by atoms with Crippen LogP contribution in [0.25, 0.3) is 16.9 Å². The summed E-state index contributed by atoms with van der Waals surface area (Å²) < 4.78 is 2.09. The topological polar surface area (TPSA) is 33.4 Å². The normalized spacial score (nSPS) is 15.3. The van der Waals surface area contributed by atoms with Crippen LogP contribution >= 0.6 is 0 Å². The summed E-state index contributed by atoms with van der Waals surface area (Å²) in [5, 5.41) is 12.4. The molecule has 0 radical (unpaired) electrons. The Balaban J connectivity index is 1.55. The van der Waals surface area contributed by atoms with Gasteiger partial charge in [-0.25, -0.2) is 4.68 Å². The van der Waals surface area contributed by atoms with E-state index in [2.05, 4.69) is 120 Å². The fourth-order valence-corrected chi connectivity index (χ4v) is 4.93. The Hall–Kier alpha value is -4.44. The number of nitrogens with zero attached hydrogens (tertiary/aromatic N) is 4. The third-order valence-electron chi connectivity index (χ3n) is 6.53. The highest BCUT2D eigenvalue weighted by atomic mass is 15.5. The van der Waals surface area contributed by atoms with Gasteiger partial charge in [0.1, 0.15) is 0 Å². The molecule has 0 aliphatic carbocycles. The monoisotopic (exact) mass is 454 g/mol. The van der Waals surface area contributed by atoms with Gasteiger partial charge >= 0.3 is 0 Å². The average Bonchev–Trinajstić information content (AvgIpc) is 3.52. The van der Waals surface area contributed by atoms with Gasteiger partial charge in [0.15, 0.2) is 0 Å². The van der Waals surface area contributed by atoms with E-state index in [1.807, 2.05) is 18.2 Å². The molecule has 5 aromatic rings. The summed E-state index contributed by atoms with van der Waals surface area (Å²) in [7, 11) is 0. The first-order valence-electron chi connectivity index (χ1n) is 12.0. The fourth-order valence-electron chi connectivity index (χ4n) is 4.93. The van der Waals surface area contributed by atoms with Gasteiger partial charge in [-0.05, 0) is 36.8 Å². The standard InChI is InChI=1S/C31H26N4/c1-23-30(31(25-16-8-3-9-17-25)35(32-23)27-20-12-5-13-21-27)29-22-28(24-14-6-2-7-15-24)33-34(29)26-18-10-4-11-19-26/h2-21,29H,22H2,1H3. The van der Waals surface area contributed by atoms with Crippen molar-refractivity contribution < 1.29 is 0 Å². The van der Waals surface area contributed by atoms with Gasteiger partial charge in [-0.3, -0.25) is 5.01 Å². The minimum Gasteiger partial charge on any atom is -0.257 e. The van der Waals surface area contributed by atoms with Crippen LogP contribution in [-0.4, -0.2) is 15.5 Å². The Kier molecular flexibility index (Phi) is 5.47. The zero-order valence-electron chi connectivity index (χ0n) is 19.6. The third kappa shape index (κ3) is 3.93. The molecule has 1 atom stereocenters. The van der Waals surface area contributed by atoms with Crippen LogP contribution in [0, 0.1) is 6.92 Å². The second-order valence-electron chi connectivity index (χ2n) is 8.77. The van der Waals surface area contributed by atoms with E-state index in [-0.39, 0.29) is 6.04 Å². The van der Waals surface area contributed by atoms with Crippen molar-refractivity contribution in [2.45, 2.75) is 19.4 Å². The molecule has 1 aliphatic rings. The smallest absolute Gasteiger partial charge is 0.0871 e. The molecule has 4 nitrogen and oxygen atoms in total. The van der Waals surface area contributed by atoms with Crippen molar-refractivity contribution in [2.24, 2.45) is 5.10 Å². The molecule has 170 valence electrons. The first kappa shape index (κ1) is 21.1. The Morgan fingerprint density at radius 2 is 1.14 bits per heavy atom. The molecule has 2 heterocycles. The number of rotatable bonds is 5. The summed E-state index contributed by atoms with van der Waals surface area (Å²) in [4.78, 5) is 0. The van der Waals surface area contributed by atoms with Crippen LogP contribution in [0.1, 0.15) is 29.3 Å². The summed E-state index contributed by atoms with van der Waals surface area (Å²) in [5.41, 5.74) is 8.86. The van der Waals surface area contributed by atoms with Crippen LogP contribution in [0.3, 0.4) is 0 Å². The van der Waals surface area contributed by atoms with Crippen molar-refractivity contribution in [2.75, 3.05) is 5.01 Å². The Morgan fingerprint density at radius 1 is 0.629 bits per heavy atom. The molecule has 1 aromatic heterocycles. The molecule has 1 aliphatic heterocycles. The highest BCUT2D eigenvalue weighted by molar-refractivity contribution is 6.03. The van der Waals surface area contributed by atoms with Gasteiger partial charge in [0.2, 0.25) is 0 Å². The van der Waals surface area contributed by atoms with E-state index in [9.17, 15) is 0 Å². The number of hydrogen-bond acceptors (Lipinski definition) is 3. The second kappa shape index (κ2) is 9.07. The molecule has 1 unspecified atom stereocenters. The molecule has 6 rings (SSSR count). The van der Waals surface area contributed by atoms with E-state index in [0.29, 0.717) is 0 Å². The predicted octanol–water partition coefficient (Wildman–Crippen LogP) is 7.20. The number of aromatic nitrogens is 2. The maximum atomic E-state index is 5.16. The summed E-state index contributed by atoms with van der Waals surface area (Å²) in [6.45, 7) is 2.12.